The minimum Gasteiger partial charge on any atom is -0.512 e. The van der Waals surface area contributed by atoms with Gasteiger partial charge in [0.1, 0.15) is 8.07 Å². The fourth-order valence-corrected chi connectivity index (χ4v) is 12.0. The largest absolute Gasteiger partial charge is 0.512 e. The number of ketones is 1. The Morgan fingerprint density at radius 1 is 0.912 bits per heavy atom. The second kappa shape index (κ2) is 19.6. The van der Waals surface area contributed by atoms with Crippen molar-refractivity contribution < 1.29 is 43.2 Å². The van der Waals surface area contributed by atoms with Crippen LogP contribution in [0.15, 0.2) is 78.7 Å². The van der Waals surface area contributed by atoms with E-state index in [0.29, 0.717) is 11.5 Å². The molecule has 8 heteroatoms. The van der Waals surface area contributed by atoms with Crippen LogP contribution in [0.5, 0.6) is 0 Å². The van der Waals surface area contributed by atoms with Crippen LogP contribution in [0.25, 0.3) is 33.3 Å². The zero-order chi connectivity index (χ0) is 40.8. The van der Waals surface area contributed by atoms with Gasteiger partial charge in [0.15, 0.2) is 5.78 Å². The van der Waals surface area contributed by atoms with Crippen LogP contribution in [0.4, 0.5) is 13.2 Å². The molecule has 2 aliphatic rings. The van der Waals surface area contributed by atoms with Crippen LogP contribution in [-0.2, 0) is 31.3 Å². The van der Waals surface area contributed by atoms with Gasteiger partial charge in [-0.25, -0.2) is 0 Å². The summed E-state index contributed by atoms with van der Waals surface area (Å²) in [7, 11) is -2.18. The molecule has 6 rings (SSSR count). The number of hydrogen-bond donors (Lipinski definition) is 1. The minimum absolute atomic E-state index is 0. The molecule has 3 nitrogen and oxygen atoms in total. The van der Waals surface area contributed by atoms with Gasteiger partial charge in [-0.05, 0) is 78.8 Å². The molecule has 1 aromatic heterocycles. The van der Waals surface area contributed by atoms with E-state index < -0.39 is 19.7 Å². The Morgan fingerprint density at radius 3 is 2.12 bits per heavy atom. The smallest absolute Gasteiger partial charge is 0.394 e. The Kier molecular flexibility index (Phi) is 16.0. The summed E-state index contributed by atoms with van der Waals surface area (Å²) < 4.78 is 40.4. The van der Waals surface area contributed by atoms with Crippen molar-refractivity contribution in [3.05, 3.63) is 107 Å². The SMILES string of the molecule is CC(C)(Cc1ccc(C2=Cc3ccnc(-c4[c-]c5ccccc5c(C5CCCCC5)c4)c3[Si]2(C)C)cc1)C(F)(F)F.CCC(CC)C(=O)/C=C(\O)C(CC)CC.[Ir]. The number of aliphatic hydroxyl groups is 1. The molecule has 2 heterocycles. The summed E-state index contributed by atoms with van der Waals surface area (Å²) in [6.07, 6.45) is 11.2. The molecule has 0 amide bonds. The van der Waals surface area contributed by atoms with Gasteiger partial charge in [0.25, 0.3) is 0 Å². The van der Waals surface area contributed by atoms with E-state index in [0.717, 1.165) is 47.9 Å². The van der Waals surface area contributed by atoms with E-state index in [9.17, 15) is 23.1 Å². The molecule has 309 valence electrons. The van der Waals surface area contributed by atoms with Gasteiger partial charge in [-0.3, -0.25) is 9.78 Å². The van der Waals surface area contributed by atoms with E-state index in [1.54, 1.807) is 0 Å². The van der Waals surface area contributed by atoms with Crippen molar-refractivity contribution in [2.45, 2.75) is 131 Å². The number of alkyl halides is 3. The summed E-state index contributed by atoms with van der Waals surface area (Å²) in [6.45, 7) is 15.3. The molecule has 1 radical (unpaired) electrons. The summed E-state index contributed by atoms with van der Waals surface area (Å²) >= 11 is 0. The van der Waals surface area contributed by atoms with Gasteiger partial charge in [0.2, 0.25) is 0 Å². The number of allylic oxidation sites excluding steroid dienone is 2. The topological polar surface area (TPSA) is 50.2 Å². The zero-order valence-corrected chi connectivity index (χ0v) is 38.5. The Hall–Kier alpha value is -3.32. The first-order chi connectivity index (χ1) is 26.6. The second-order valence-corrected chi connectivity index (χ2v) is 21.4. The van der Waals surface area contributed by atoms with Gasteiger partial charge >= 0.3 is 6.18 Å². The summed E-state index contributed by atoms with van der Waals surface area (Å²) in [5, 5.41) is 14.8. The quantitative estimate of drug-likeness (QED) is 0.0666. The third-order valence-corrected chi connectivity index (χ3v) is 16.0. The minimum atomic E-state index is -4.24. The monoisotopic (exact) mass is 973 g/mol. The van der Waals surface area contributed by atoms with Crippen LogP contribution >= 0.6 is 0 Å². The Morgan fingerprint density at radius 2 is 1.53 bits per heavy atom. The molecular weight excluding hydrogens is 912 g/mol. The van der Waals surface area contributed by atoms with E-state index in [2.05, 4.69) is 61.6 Å². The third kappa shape index (κ3) is 10.5. The first-order valence-corrected chi connectivity index (χ1v) is 23.8. The van der Waals surface area contributed by atoms with Crippen molar-refractivity contribution in [3.8, 4) is 11.3 Å². The fourth-order valence-electron chi connectivity index (χ4n) is 8.70. The van der Waals surface area contributed by atoms with Gasteiger partial charge in [0.05, 0.1) is 11.2 Å². The van der Waals surface area contributed by atoms with Crippen LogP contribution in [0, 0.1) is 23.3 Å². The maximum Gasteiger partial charge on any atom is 0.394 e. The summed E-state index contributed by atoms with van der Waals surface area (Å²) in [4.78, 5) is 16.7. The van der Waals surface area contributed by atoms with Crippen molar-refractivity contribution in [1.82, 2.24) is 4.98 Å². The van der Waals surface area contributed by atoms with Crippen LogP contribution in [-0.4, -0.2) is 30.1 Å². The number of rotatable bonds is 12. The number of fused-ring (bicyclic) bond motifs is 2. The fraction of sp³-hybridized carbons (Fsp3) is 0.469. The van der Waals surface area contributed by atoms with E-state index in [-0.39, 0.29) is 49.9 Å². The number of aromatic nitrogens is 1. The molecule has 4 aromatic rings. The van der Waals surface area contributed by atoms with E-state index in [1.165, 1.54) is 78.9 Å². The molecule has 0 spiro atoms. The molecule has 1 fully saturated rings. The summed E-state index contributed by atoms with van der Waals surface area (Å²) in [5.41, 5.74) is 4.75. The predicted molar refractivity (Wildman–Crippen MR) is 231 cm³/mol. The van der Waals surface area contributed by atoms with Crippen molar-refractivity contribution >= 4 is 41.1 Å². The molecule has 0 bridgehead atoms. The van der Waals surface area contributed by atoms with Crippen molar-refractivity contribution in [2.24, 2.45) is 17.3 Å². The molecule has 0 atom stereocenters. The van der Waals surface area contributed by atoms with Crippen LogP contribution in [0.2, 0.25) is 13.1 Å². The number of halogens is 3. The summed E-state index contributed by atoms with van der Waals surface area (Å²) in [5.74, 6) is 1.12. The number of carbonyl (C=O) groups is 1. The molecule has 0 saturated heterocycles. The number of nitrogens with zero attached hydrogens (tertiary/aromatic N) is 1. The van der Waals surface area contributed by atoms with Crippen LogP contribution in [0.3, 0.4) is 0 Å². The van der Waals surface area contributed by atoms with Gasteiger partial charge < -0.3 is 5.11 Å². The van der Waals surface area contributed by atoms with E-state index in [1.807, 2.05) is 58.2 Å². The molecular formula is C49H61F3IrNO2Si-. The predicted octanol–water partition coefficient (Wildman–Crippen LogP) is 13.8. The molecule has 0 unspecified atom stereocenters. The average molecular weight is 973 g/mol. The standard InChI is InChI=1S/C36H37F3NSi.C13H24O2.Ir/c1-35(2,36(37,38)39)23-24-14-16-26(17-15-24)32-22-28-18-19-40-33(34(28)41(32,3)4)29-20-27-12-8-9-13-30(27)31(21-29)25-10-6-5-7-11-25;1-5-10(6-2)12(14)9-13(15)11(7-3)8-4;/h8-9,12-19,21-22,25H,5-7,10-11,23H2,1-4H3;9-11,14H,5-8H2,1-4H3;/q-1;;/b;12-9-;. The van der Waals surface area contributed by atoms with Gasteiger partial charge in [-0.15, -0.1) is 29.1 Å². The maximum atomic E-state index is 13.5. The molecule has 1 aliphatic carbocycles. The van der Waals surface area contributed by atoms with Crippen LogP contribution in [0.1, 0.15) is 128 Å². The first kappa shape index (κ1) is 46.4. The molecule has 1 aliphatic heterocycles. The molecule has 57 heavy (non-hydrogen) atoms. The van der Waals surface area contributed by atoms with Gasteiger partial charge in [0, 0.05) is 49.9 Å². The molecule has 1 saturated carbocycles. The third-order valence-electron chi connectivity index (χ3n) is 12.4. The van der Waals surface area contributed by atoms with Crippen molar-refractivity contribution in [2.75, 3.05) is 0 Å². The molecule has 3 aromatic carbocycles. The van der Waals surface area contributed by atoms with Crippen molar-refractivity contribution in [1.29, 1.82) is 0 Å². The Bertz CT molecular complexity index is 2040. The Balaban J connectivity index is 0.000000385. The number of pyridine rings is 1. The van der Waals surface area contributed by atoms with E-state index in [4.69, 9.17) is 4.98 Å². The number of carbonyl (C=O) groups excluding carboxylic acids is 1. The second-order valence-electron chi connectivity index (χ2n) is 17.1. The maximum absolute atomic E-state index is 13.5. The summed E-state index contributed by atoms with van der Waals surface area (Å²) in [6, 6.07) is 24.6. The number of benzene rings is 3. The number of hydrogen-bond acceptors (Lipinski definition) is 3. The normalized spacial score (nSPS) is 15.9. The van der Waals surface area contributed by atoms with E-state index >= 15 is 0 Å². The van der Waals surface area contributed by atoms with Crippen LogP contribution < -0.4 is 5.19 Å². The zero-order valence-electron chi connectivity index (χ0n) is 35.1. The first-order valence-electron chi connectivity index (χ1n) is 20.8. The van der Waals surface area contributed by atoms with Gasteiger partial charge in [-0.1, -0.05) is 139 Å². The van der Waals surface area contributed by atoms with Crippen molar-refractivity contribution in [3.63, 3.8) is 0 Å². The average Bonchev–Trinajstić information content (AvgIpc) is 3.45. The van der Waals surface area contributed by atoms with Gasteiger partial charge in [-0.2, -0.15) is 13.2 Å². The Labute approximate surface area is 354 Å². The molecule has 1 N–H and O–H groups in total. The number of aliphatic hydroxyl groups excluding tert-OH is 1.